The second-order valence-corrected chi connectivity index (χ2v) is 5.01. The second kappa shape index (κ2) is 7.13. The fourth-order valence-electron chi connectivity index (χ4n) is 1.61. The molecule has 0 saturated heterocycles. The number of H-pyrrole nitrogens is 1. The summed E-state index contributed by atoms with van der Waals surface area (Å²) in [5.74, 6) is -0.856. The van der Waals surface area contributed by atoms with Gasteiger partial charge in [-0.3, -0.25) is 10.1 Å². The highest BCUT2D eigenvalue weighted by atomic mass is 79.9. The number of nitrogens with one attached hydrogen (secondary N) is 2. The van der Waals surface area contributed by atoms with Crippen molar-refractivity contribution in [2.45, 2.75) is 6.36 Å². The van der Waals surface area contributed by atoms with E-state index in [1.165, 1.54) is 0 Å². The molecule has 1 aromatic heterocycles. The number of alkyl halides is 3. The van der Waals surface area contributed by atoms with Crippen molar-refractivity contribution >= 4 is 32.9 Å². The van der Waals surface area contributed by atoms with Crippen LogP contribution in [0.2, 0.25) is 0 Å². The highest BCUT2D eigenvalue weighted by Gasteiger charge is 2.32. The first kappa shape index (κ1) is 18.1. The van der Waals surface area contributed by atoms with E-state index in [0.717, 1.165) is 12.3 Å². The van der Waals surface area contributed by atoms with Crippen molar-refractivity contribution in [1.82, 2.24) is 20.6 Å². The fraction of sp³-hybridized carbons (Fsp3) is 0.0909. The molecule has 14 heteroatoms. The van der Waals surface area contributed by atoms with Gasteiger partial charge < -0.3 is 10.1 Å². The van der Waals surface area contributed by atoms with E-state index in [-0.39, 0.29) is 21.6 Å². The SMILES string of the molecule is N#CC(=CNc1c(Br)cc(OC(F)(F)F)cc1[N+](=O)[O-])c1nn[nH]n1. The molecule has 2 N–H and O–H groups in total. The zero-order valence-corrected chi connectivity index (χ0v) is 13.3. The molecule has 0 fully saturated rings. The van der Waals surface area contributed by atoms with Crippen LogP contribution in [0.15, 0.2) is 22.8 Å². The summed E-state index contributed by atoms with van der Waals surface area (Å²) in [6.07, 6.45) is -3.96. The number of tetrazole rings is 1. The van der Waals surface area contributed by atoms with Crippen LogP contribution in [0.25, 0.3) is 5.57 Å². The van der Waals surface area contributed by atoms with Gasteiger partial charge in [-0.25, -0.2) is 0 Å². The maximum absolute atomic E-state index is 12.3. The smallest absolute Gasteiger partial charge is 0.405 e. The zero-order valence-electron chi connectivity index (χ0n) is 11.7. The van der Waals surface area contributed by atoms with Gasteiger partial charge in [0.15, 0.2) is 0 Å². The van der Waals surface area contributed by atoms with E-state index >= 15 is 0 Å². The number of hydrogen-bond acceptors (Lipinski definition) is 8. The summed E-state index contributed by atoms with van der Waals surface area (Å²) in [7, 11) is 0. The highest BCUT2D eigenvalue weighted by molar-refractivity contribution is 9.10. The quantitative estimate of drug-likeness (QED) is 0.427. The first-order valence-electron chi connectivity index (χ1n) is 6.05. The van der Waals surface area contributed by atoms with Crippen LogP contribution < -0.4 is 10.1 Å². The van der Waals surface area contributed by atoms with Crippen molar-refractivity contribution in [3.8, 4) is 11.8 Å². The Morgan fingerprint density at radius 2 is 2.24 bits per heavy atom. The molecule has 0 amide bonds. The number of aromatic nitrogens is 4. The van der Waals surface area contributed by atoms with Crippen LogP contribution in [0.1, 0.15) is 5.82 Å². The topological polar surface area (TPSA) is 143 Å². The normalized spacial score (nSPS) is 11.7. The fourth-order valence-corrected chi connectivity index (χ4v) is 2.16. The molecule has 1 heterocycles. The van der Waals surface area contributed by atoms with E-state index in [0.29, 0.717) is 6.07 Å². The Labute approximate surface area is 144 Å². The van der Waals surface area contributed by atoms with Gasteiger partial charge >= 0.3 is 6.36 Å². The van der Waals surface area contributed by atoms with Crippen LogP contribution in [0.3, 0.4) is 0 Å². The minimum Gasteiger partial charge on any atom is -0.405 e. The molecule has 2 rings (SSSR count). The van der Waals surface area contributed by atoms with Gasteiger partial charge in [0, 0.05) is 6.20 Å². The average molecular weight is 420 g/mol. The van der Waals surface area contributed by atoms with Crippen LogP contribution >= 0.6 is 15.9 Å². The zero-order chi connectivity index (χ0) is 18.6. The maximum atomic E-state index is 12.3. The monoisotopic (exact) mass is 419 g/mol. The summed E-state index contributed by atoms with van der Waals surface area (Å²) in [5.41, 5.74) is -1.03. The van der Waals surface area contributed by atoms with Crippen molar-refractivity contribution in [2.75, 3.05) is 5.32 Å². The van der Waals surface area contributed by atoms with Gasteiger partial charge in [0.05, 0.1) is 15.5 Å². The Kier molecular flexibility index (Phi) is 5.17. The standard InChI is InChI=1S/C11H5BrF3N7O3/c12-7-1-6(25-11(13,14)15)2-8(22(23)24)9(7)17-4-5(3-16)10-18-20-21-19-10/h1-2,4,17H,(H,18,19,20,21). The Hall–Kier alpha value is -3.21. The summed E-state index contributed by atoms with van der Waals surface area (Å²) in [5, 5.41) is 35.1. The van der Waals surface area contributed by atoms with Crippen molar-refractivity contribution in [2.24, 2.45) is 0 Å². The molecule has 1 aromatic carbocycles. The van der Waals surface area contributed by atoms with Crippen molar-refractivity contribution in [3.05, 3.63) is 38.7 Å². The predicted molar refractivity (Wildman–Crippen MR) is 78.9 cm³/mol. The van der Waals surface area contributed by atoms with E-state index in [1.54, 1.807) is 6.07 Å². The van der Waals surface area contributed by atoms with Gasteiger partial charge in [0.2, 0.25) is 5.82 Å². The van der Waals surface area contributed by atoms with E-state index in [1.807, 2.05) is 0 Å². The molecule has 2 aromatic rings. The molecule has 0 unspecified atom stereocenters. The number of allylic oxidation sites excluding steroid dienone is 1. The summed E-state index contributed by atoms with van der Waals surface area (Å²) >= 11 is 2.92. The Balaban J connectivity index is 2.40. The molecular formula is C11H5BrF3N7O3. The molecule has 130 valence electrons. The molecule has 25 heavy (non-hydrogen) atoms. The lowest BCUT2D eigenvalue weighted by Crippen LogP contribution is -2.17. The van der Waals surface area contributed by atoms with Crippen LogP contribution in [0.4, 0.5) is 24.5 Å². The second-order valence-electron chi connectivity index (χ2n) is 4.15. The van der Waals surface area contributed by atoms with Gasteiger partial charge in [0.1, 0.15) is 23.1 Å². The predicted octanol–water partition coefficient (Wildman–Crippen LogP) is 2.75. The number of nitriles is 1. The number of halogens is 4. The molecule has 0 bridgehead atoms. The minimum atomic E-state index is -5.01. The van der Waals surface area contributed by atoms with Crippen molar-refractivity contribution < 1.29 is 22.8 Å². The Morgan fingerprint density at radius 1 is 1.52 bits per heavy atom. The molecule has 0 aliphatic rings. The number of nitrogens with zero attached hydrogens (tertiary/aromatic N) is 5. The lowest BCUT2D eigenvalue weighted by Gasteiger charge is -2.11. The Morgan fingerprint density at radius 3 is 2.76 bits per heavy atom. The van der Waals surface area contributed by atoms with Gasteiger partial charge in [-0.2, -0.15) is 10.5 Å². The third kappa shape index (κ3) is 4.64. The number of rotatable bonds is 5. The number of ether oxygens (including phenoxy) is 1. The number of aromatic amines is 1. The van der Waals surface area contributed by atoms with Crippen LogP contribution in [0, 0.1) is 21.4 Å². The van der Waals surface area contributed by atoms with Crippen LogP contribution in [-0.2, 0) is 0 Å². The summed E-state index contributed by atoms with van der Waals surface area (Å²) in [4.78, 5) is 10.2. The molecule has 0 aliphatic carbocycles. The average Bonchev–Trinajstić information content (AvgIpc) is 3.01. The number of nitro benzene ring substituents is 1. The van der Waals surface area contributed by atoms with E-state index in [2.05, 4.69) is 46.6 Å². The van der Waals surface area contributed by atoms with Gasteiger partial charge in [-0.1, -0.05) is 0 Å². The summed E-state index contributed by atoms with van der Waals surface area (Å²) < 4.78 is 40.4. The number of hydrogen-bond donors (Lipinski definition) is 2. The minimum absolute atomic E-state index is 0.0780. The molecule has 0 saturated carbocycles. The molecule has 0 spiro atoms. The largest absolute Gasteiger partial charge is 0.573 e. The summed E-state index contributed by atoms with van der Waals surface area (Å²) in [6, 6.07) is 3.22. The first-order valence-corrected chi connectivity index (χ1v) is 6.85. The van der Waals surface area contributed by atoms with Crippen LogP contribution in [0.5, 0.6) is 5.75 Å². The molecule has 0 radical (unpaired) electrons. The van der Waals surface area contributed by atoms with E-state index in [9.17, 15) is 23.3 Å². The molecular weight excluding hydrogens is 415 g/mol. The number of benzene rings is 1. The lowest BCUT2D eigenvalue weighted by atomic mass is 10.2. The maximum Gasteiger partial charge on any atom is 0.573 e. The van der Waals surface area contributed by atoms with Crippen molar-refractivity contribution in [1.29, 1.82) is 5.26 Å². The lowest BCUT2D eigenvalue weighted by molar-refractivity contribution is -0.384. The first-order chi connectivity index (χ1) is 11.7. The third-order valence-electron chi connectivity index (χ3n) is 2.54. The molecule has 10 nitrogen and oxygen atoms in total. The highest BCUT2D eigenvalue weighted by Crippen LogP contribution is 2.38. The van der Waals surface area contributed by atoms with E-state index < -0.39 is 22.7 Å². The van der Waals surface area contributed by atoms with Gasteiger partial charge in [-0.05, 0) is 27.2 Å². The molecule has 0 aliphatic heterocycles. The van der Waals surface area contributed by atoms with Gasteiger partial charge in [-0.15, -0.1) is 23.4 Å². The summed E-state index contributed by atoms with van der Waals surface area (Å²) in [6.45, 7) is 0. The van der Waals surface area contributed by atoms with Crippen LogP contribution in [-0.4, -0.2) is 31.9 Å². The van der Waals surface area contributed by atoms with Gasteiger partial charge in [0.25, 0.3) is 5.69 Å². The Bertz CT molecular complexity index is 861. The van der Waals surface area contributed by atoms with E-state index in [4.69, 9.17) is 5.26 Å². The van der Waals surface area contributed by atoms with Crippen molar-refractivity contribution in [3.63, 3.8) is 0 Å². The number of nitro groups is 1. The number of anilines is 1. The molecule has 0 atom stereocenters. The third-order valence-corrected chi connectivity index (χ3v) is 3.17.